The first-order valence-corrected chi connectivity index (χ1v) is 26.7. The fraction of sp³-hybridized carbons (Fsp3) is 0.491. The zero-order chi connectivity index (χ0) is 50.7. The number of aromatic nitrogens is 2. The number of halogens is 1. The number of nitro benzene ring substituents is 1. The maximum absolute atomic E-state index is 14.7. The van der Waals surface area contributed by atoms with E-state index in [2.05, 4.69) is 67.9 Å². The molecule has 3 aromatic carbocycles. The number of amides is 2. The van der Waals surface area contributed by atoms with E-state index < -0.39 is 42.9 Å². The van der Waals surface area contributed by atoms with Gasteiger partial charge in [0.25, 0.3) is 21.6 Å². The summed E-state index contributed by atoms with van der Waals surface area (Å²) in [5.74, 6) is -0.707. The quantitative estimate of drug-likeness (QED) is 0.0683. The van der Waals surface area contributed by atoms with Gasteiger partial charge in [0.1, 0.15) is 29.6 Å². The molecule has 2 amide bonds. The Balaban J connectivity index is 0.863. The van der Waals surface area contributed by atoms with Crippen LogP contribution in [0.15, 0.2) is 78.0 Å². The molecule has 19 heteroatoms. The maximum atomic E-state index is 14.7. The minimum absolute atomic E-state index is 0.00719. The molecule has 1 aliphatic carbocycles. The minimum Gasteiger partial charge on any atom is -0.489 e. The van der Waals surface area contributed by atoms with E-state index >= 15 is 0 Å². The minimum atomic E-state index is -4.74. The molecular formula is C53H63FN8O9S. The molecule has 0 unspecified atom stereocenters. The zero-order valence-corrected chi connectivity index (χ0v) is 42.0. The first-order chi connectivity index (χ1) is 34.4. The lowest BCUT2D eigenvalue weighted by Crippen LogP contribution is -2.65. The number of nitrogens with zero attached hydrogens (tertiary/aromatic N) is 5. The van der Waals surface area contributed by atoms with Crippen molar-refractivity contribution in [2.45, 2.75) is 113 Å². The molecule has 3 atom stereocenters. The van der Waals surface area contributed by atoms with E-state index in [1.807, 2.05) is 11.8 Å². The average molecular weight is 1010 g/mol. The van der Waals surface area contributed by atoms with Gasteiger partial charge in [0.15, 0.2) is 11.4 Å². The lowest BCUT2D eigenvalue weighted by molar-refractivity contribution is -0.384. The number of hydrogen-bond acceptors (Lipinski definition) is 13. The molecule has 1 spiro atoms. The van der Waals surface area contributed by atoms with Gasteiger partial charge >= 0.3 is 0 Å². The van der Waals surface area contributed by atoms with Crippen molar-refractivity contribution in [1.82, 2.24) is 24.5 Å². The fourth-order valence-electron chi connectivity index (χ4n) is 11.9. The Kier molecular flexibility index (Phi) is 13.2. The number of piperidine rings is 2. The van der Waals surface area contributed by atoms with Crippen molar-refractivity contribution < 1.29 is 41.9 Å². The molecule has 0 radical (unpaired) electrons. The van der Waals surface area contributed by atoms with Crippen molar-refractivity contribution in [2.75, 3.05) is 56.1 Å². The Bertz CT molecular complexity index is 3010. The van der Waals surface area contributed by atoms with Crippen LogP contribution in [0, 0.1) is 27.3 Å². The number of hydrogen-bond donors (Lipinski definition) is 4. The molecule has 72 heavy (non-hydrogen) atoms. The normalized spacial score (nSPS) is 24.3. The molecule has 5 aromatic rings. The molecule has 5 aliphatic rings. The number of pyridine rings is 1. The van der Waals surface area contributed by atoms with Crippen molar-refractivity contribution in [1.29, 1.82) is 0 Å². The van der Waals surface area contributed by atoms with Gasteiger partial charge in [-0.25, -0.2) is 22.5 Å². The van der Waals surface area contributed by atoms with Gasteiger partial charge < -0.3 is 34.7 Å². The Morgan fingerprint density at radius 2 is 1.79 bits per heavy atom. The average Bonchev–Trinajstić information content (AvgIpc) is 3.73. The standard InChI is InChI=1S/C53H63FN8O9S/c1-5-48(63)60-19-14-44(41(28-60)38-9-7-6-8-37(38)32(2)3)61-30-53(31-61)17-20-59(21-18-53)34-10-11-39(46(22-34)71-35-23-40-42(54)27-56-50(40)55-26-35)51(64)58-72(68,69)36-24-45(62(66)67)49-47(25-36)70-29-43(57-49)33-12-15-52(4,65)16-13-33/h6-11,22-27,32-33,41,43-44,57,65H,5,12-21,28-31H2,1-4H3,(H,55,56)(H,58,64)/t33-,41-,43-,44-,52-/m1/s1. The highest BCUT2D eigenvalue weighted by molar-refractivity contribution is 7.90. The number of anilines is 2. The number of carbonyl (C=O) groups is 2. The van der Waals surface area contributed by atoms with Crippen LogP contribution < -0.4 is 24.4 Å². The van der Waals surface area contributed by atoms with Gasteiger partial charge in [-0.1, -0.05) is 45.0 Å². The van der Waals surface area contributed by atoms with Crippen LogP contribution in [0.25, 0.3) is 11.0 Å². The molecule has 4 aliphatic heterocycles. The van der Waals surface area contributed by atoms with Gasteiger partial charge in [-0.15, -0.1) is 0 Å². The number of likely N-dealkylation sites (tertiary alicyclic amines) is 2. The van der Waals surface area contributed by atoms with Crippen molar-refractivity contribution in [3.63, 3.8) is 0 Å². The summed E-state index contributed by atoms with van der Waals surface area (Å²) in [5, 5.41) is 26.3. The molecule has 17 nitrogen and oxygen atoms in total. The van der Waals surface area contributed by atoms with Crippen molar-refractivity contribution in [2.24, 2.45) is 11.3 Å². The van der Waals surface area contributed by atoms with Crippen LogP contribution in [0.5, 0.6) is 17.2 Å². The number of aliphatic hydroxyl groups is 1. The Morgan fingerprint density at radius 1 is 1.04 bits per heavy atom. The second-order valence-corrected chi connectivity index (χ2v) is 22.9. The molecule has 4 fully saturated rings. The summed E-state index contributed by atoms with van der Waals surface area (Å²) in [6, 6.07) is 17.1. The predicted molar refractivity (Wildman–Crippen MR) is 270 cm³/mol. The monoisotopic (exact) mass is 1010 g/mol. The summed E-state index contributed by atoms with van der Waals surface area (Å²) in [5.41, 5.74) is 2.41. The predicted octanol–water partition coefficient (Wildman–Crippen LogP) is 8.46. The van der Waals surface area contributed by atoms with E-state index in [4.69, 9.17) is 9.47 Å². The molecular weight excluding hydrogens is 944 g/mol. The maximum Gasteiger partial charge on any atom is 0.297 e. The van der Waals surface area contributed by atoms with Crippen molar-refractivity contribution in [3.8, 4) is 17.2 Å². The number of aromatic amines is 1. The van der Waals surface area contributed by atoms with Crippen LogP contribution in [-0.4, -0.2) is 114 Å². The molecule has 382 valence electrons. The number of carbonyl (C=O) groups excluding carboxylic acids is 2. The van der Waals surface area contributed by atoms with Gasteiger partial charge in [-0.05, 0) is 98.4 Å². The topological polar surface area (TPSA) is 213 Å². The fourth-order valence-corrected chi connectivity index (χ4v) is 12.9. The number of fused-ring (bicyclic) bond motifs is 2. The first-order valence-electron chi connectivity index (χ1n) is 25.2. The summed E-state index contributed by atoms with van der Waals surface area (Å²) < 4.78 is 57.1. The van der Waals surface area contributed by atoms with Crippen LogP contribution in [-0.2, 0) is 14.8 Å². The number of benzene rings is 3. The van der Waals surface area contributed by atoms with Crippen LogP contribution in [0.1, 0.15) is 112 Å². The summed E-state index contributed by atoms with van der Waals surface area (Å²) in [4.78, 5) is 52.2. The zero-order valence-electron chi connectivity index (χ0n) is 41.2. The number of nitrogens with one attached hydrogen (secondary N) is 3. The number of rotatable bonds is 12. The van der Waals surface area contributed by atoms with E-state index in [0.717, 1.165) is 69.8 Å². The number of sulfonamides is 1. The Morgan fingerprint density at radius 3 is 2.51 bits per heavy atom. The number of nitro groups is 1. The molecule has 1 saturated carbocycles. The molecule has 2 aromatic heterocycles. The van der Waals surface area contributed by atoms with E-state index in [1.54, 1.807) is 19.1 Å². The van der Waals surface area contributed by atoms with Crippen LogP contribution >= 0.6 is 0 Å². The number of H-pyrrole nitrogens is 1. The number of ether oxygens (including phenoxy) is 2. The lowest BCUT2D eigenvalue weighted by atomic mass is 9.69. The highest BCUT2D eigenvalue weighted by Crippen LogP contribution is 2.48. The summed E-state index contributed by atoms with van der Waals surface area (Å²) in [6.45, 7) is 13.1. The second-order valence-electron chi connectivity index (χ2n) is 21.2. The Labute approximate surface area is 418 Å². The van der Waals surface area contributed by atoms with Crippen LogP contribution in [0.2, 0.25) is 0 Å². The van der Waals surface area contributed by atoms with Gasteiger partial charge in [0.05, 0.1) is 38.6 Å². The van der Waals surface area contributed by atoms with Gasteiger partial charge in [0.2, 0.25) is 5.91 Å². The molecule has 0 bridgehead atoms. The highest BCUT2D eigenvalue weighted by atomic mass is 32.2. The van der Waals surface area contributed by atoms with Crippen LogP contribution in [0.4, 0.5) is 21.5 Å². The van der Waals surface area contributed by atoms with E-state index in [9.17, 15) is 37.6 Å². The summed E-state index contributed by atoms with van der Waals surface area (Å²) >= 11 is 0. The smallest absolute Gasteiger partial charge is 0.297 e. The molecule has 3 saturated heterocycles. The first kappa shape index (κ1) is 49.3. The largest absolute Gasteiger partial charge is 0.489 e. The Hall–Kier alpha value is -6.31. The third kappa shape index (κ3) is 9.69. The second kappa shape index (κ2) is 19.3. The van der Waals surface area contributed by atoms with E-state index in [-0.39, 0.29) is 69.7 Å². The summed E-state index contributed by atoms with van der Waals surface area (Å²) in [7, 11) is -4.74. The molecule has 6 heterocycles. The van der Waals surface area contributed by atoms with Gasteiger partial charge in [-0.2, -0.15) is 0 Å². The third-order valence-corrected chi connectivity index (χ3v) is 17.4. The van der Waals surface area contributed by atoms with Crippen LogP contribution in [0.3, 0.4) is 0 Å². The van der Waals surface area contributed by atoms with Gasteiger partial charge in [-0.3, -0.25) is 24.6 Å². The highest BCUT2D eigenvalue weighted by Gasteiger charge is 2.50. The third-order valence-electron chi connectivity index (χ3n) is 16.1. The van der Waals surface area contributed by atoms with Gasteiger partial charge in [0, 0.05) is 87.7 Å². The SMILES string of the molecule is CCC(=O)N1CC[C@@H](N2CC3(CCN(c4ccc(C(=O)NS(=O)(=O)c5cc6c(c([N+](=O)[O-])c5)N[C@@H]([C@H]5CC[C@](C)(O)CC5)CO6)c(Oc5cnc6[nH]cc(F)c6c5)c4)CC3)C2)[C@@H](c2ccccc2C(C)C)C1. The van der Waals surface area contributed by atoms with Crippen molar-refractivity contribution >= 4 is 49.9 Å². The van der Waals surface area contributed by atoms with E-state index in [0.29, 0.717) is 56.3 Å². The lowest BCUT2D eigenvalue weighted by Gasteiger charge is -2.59. The van der Waals surface area contributed by atoms with E-state index in [1.165, 1.54) is 35.7 Å². The summed E-state index contributed by atoms with van der Waals surface area (Å²) in [6.07, 6.45) is 8.33. The molecule has 4 N–H and O–H groups in total. The molecule has 10 rings (SSSR count). The van der Waals surface area contributed by atoms with Crippen molar-refractivity contribution in [3.05, 3.63) is 106 Å².